The van der Waals surface area contributed by atoms with Crippen LogP contribution in [0, 0.1) is 5.92 Å². The van der Waals surface area contributed by atoms with E-state index in [1.165, 1.54) is 0 Å². The fourth-order valence-electron chi connectivity index (χ4n) is 1.58. The smallest absolute Gasteiger partial charge is 0.326 e. The summed E-state index contributed by atoms with van der Waals surface area (Å²) in [5.74, 6) is -0.853. The van der Waals surface area contributed by atoms with Crippen LogP contribution < -0.4 is 10.6 Å². The van der Waals surface area contributed by atoms with Gasteiger partial charge in [0.2, 0.25) is 0 Å². The highest BCUT2D eigenvalue weighted by Crippen LogP contribution is 2.32. The van der Waals surface area contributed by atoms with Gasteiger partial charge in [-0.3, -0.25) is 0 Å². The van der Waals surface area contributed by atoms with Gasteiger partial charge in [-0.1, -0.05) is 0 Å². The van der Waals surface area contributed by atoms with Gasteiger partial charge in [-0.15, -0.1) is 0 Å². The number of urea groups is 1. The molecule has 0 saturated heterocycles. The standard InChI is InChI=1S/C11H20N2O4/c1-17-7-3-2-6-12-11(16)13-9(10(14)15)8-4-5-8/h8-9H,2-7H2,1H3,(H,14,15)(H2,12,13,16). The second-order valence-corrected chi connectivity index (χ2v) is 4.25. The average Bonchev–Trinajstić information content (AvgIpc) is 3.09. The van der Waals surface area contributed by atoms with Gasteiger partial charge in [0.1, 0.15) is 6.04 Å². The highest BCUT2D eigenvalue weighted by molar-refractivity contribution is 5.83. The topological polar surface area (TPSA) is 87.7 Å². The molecule has 6 heteroatoms. The lowest BCUT2D eigenvalue weighted by molar-refractivity contribution is -0.139. The van der Waals surface area contributed by atoms with Crippen LogP contribution in [-0.2, 0) is 9.53 Å². The van der Waals surface area contributed by atoms with Crippen molar-refractivity contribution >= 4 is 12.0 Å². The van der Waals surface area contributed by atoms with Gasteiger partial charge in [-0.25, -0.2) is 9.59 Å². The number of carbonyl (C=O) groups is 2. The lowest BCUT2D eigenvalue weighted by Crippen LogP contribution is -2.47. The first-order valence-electron chi connectivity index (χ1n) is 5.91. The number of unbranched alkanes of at least 4 members (excludes halogenated alkanes) is 1. The van der Waals surface area contributed by atoms with E-state index in [9.17, 15) is 9.59 Å². The van der Waals surface area contributed by atoms with Crippen LogP contribution in [0.4, 0.5) is 4.79 Å². The number of aliphatic carboxylic acids is 1. The number of hydrogen-bond acceptors (Lipinski definition) is 3. The molecule has 0 radical (unpaired) electrons. The second-order valence-electron chi connectivity index (χ2n) is 4.25. The lowest BCUT2D eigenvalue weighted by atomic mass is 10.2. The third-order valence-electron chi connectivity index (χ3n) is 2.71. The Morgan fingerprint density at radius 3 is 2.65 bits per heavy atom. The van der Waals surface area contributed by atoms with Crippen LogP contribution in [0.2, 0.25) is 0 Å². The van der Waals surface area contributed by atoms with Crippen LogP contribution >= 0.6 is 0 Å². The second kappa shape index (κ2) is 7.11. The Labute approximate surface area is 101 Å². The highest BCUT2D eigenvalue weighted by Gasteiger charge is 2.37. The number of ether oxygens (including phenoxy) is 1. The molecule has 0 aromatic carbocycles. The van der Waals surface area contributed by atoms with Crippen molar-refractivity contribution in [3.63, 3.8) is 0 Å². The zero-order chi connectivity index (χ0) is 12.7. The van der Waals surface area contributed by atoms with Crippen molar-refractivity contribution in [2.45, 2.75) is 31.7 Å². The molecule has 0 aromatic rings. The SMILES string of the molecule is COCCCCNC(=O)NC(C(=O)O)C1CC1. The van der Waals surface area contributed by atoms with E-state index in [0.29, 0.717) is 13.2 Å². The van der Waals surface area contributed by atoms with Gasteiger partial charge in [0, 0.05) is 20.3 Å². The Hall–Kier alpha value is -1.30. The molecule has 1 rings (SSSR count). The van der Waals surface area contributed by atoms with Crippen LogP contribution in [0.15, 0.2) is 0 Å². The van der Waals surface area contributed by atoms with E-state index < -0.39 is 18.0 Å². The first-order chi connectivity index (χ1) is 8.15. The molecular formula is C11H20N2O4. The normalized spacial score (nSPS) is 16.3. The zero-order valence-electron chi connectivity index (χ0n) is 10.1. The van der Waals surface area contributed by atoms with E-state index in [4.69, 9.17) is 9.84 Å². The Morgan fingerprint density at radius 1 is 1.41 bits per heavy atom. The number of hydrogen-bond donors (Lipinski definition) is 3. The van der Waals surface area contributed by atoms with E-state index in [-0.39, 0.29) is 5.92 Å². The third-order valence-corrected chi connectivity index (χ3v) is 2.71. The molecule has 98 valence electrons. The fraction of sp³-hybridized carbons (Fsp3) is 0.818. The number of carboxylic acids is 1. The lowest BCUT2D eigenvalue weighted by Gasteiger charge is -2.14. The number of methoxy groups -OCH3 is 1. The quantitative estimate of drug-likeness (QED) is 0.545. The van der Waals surface area contributed by atoms with Crippen molar-refractivity contribution in [3.05, 3.63) is 0 Å². The molecule has 0 heterocycles. The number of rotatable bonds is 8. The van der Waals surface area contributed by atoms with E-state index in [0.717, 1.165) is 25.7 Å². The maximum absolute atomic E-state index is 11.4. The molecule has 6 nitrogen and oxygen atoms in total. The van der Waals surface area contributed by atoms with E-state index in [1.54, 1.807) is 7.11 Å². The van der Waals surface area contributed by atoms with Gasteiger partial charge < -0.3 is 20.5 Å². The third kappa shape index (κ3) is 5.53. The maximum Gasteiger partial charge on any atom is 0.326 e. The molecule has 1 unspecified atom stereocenters. The molecule has 1 saturated carbocycles. The minimum Gasteiger partial charge on any atom is -0.480 e. The highest BCUT2D eigenvalue weighted by atomic mass is 16.5. The van der Waals surface area contributed by atoms with Crippen molar-refractivity contribution in [1.29, 1.82) is 0 Å². The van der Waals surface area contributed by atoms with Gasteiger partial charge in [0.25, 0.3) is 0 Å². The predicted octanol–water partition coefficient (Wildman–Crippen LogP) is 0.575. The molecule has 3 N–H and O–H groups in total. The van der Waals surface area contributed by atoms with Crippen LogP contribution in [0.5, 0.6) is 0 Å². The zero-order valence-corrected chi connectivity index (χ0v) is 10.1. The summed E-state index contributed by atoms with van der Waals surface area (Å²) >= 11 is 0. The number of amides is 2. The summed E-state index contributed by atoms with van der Waals surface area (Å²) in [6.45, 7) is 1.20. The minimum atomic E-state index is -0.956. The first-order valence-corrected chi connectivity index (χ1v) is 5.91. The van der Waals surface area contributed by atoms with Crippen molar-refractivity contribution in [2.75, 3.05) is 20.3 Å². The van der Waals surface area contributed by atoms with Crippen LogP contribution in [0.1, 0.15) is 25.7 Å². The summed E-state index contributed by atoms with van der Waals surface area (Å²) in [4.78, 5) is 22.3. The first kappa shape index (κ1) is 13.8. The Balaban J connectivity index is 2.12. The molecular weight excluding hydrogens is 224 g/mol. The molecule has 1 atom stereocenters. The Morgan fingerprint density at radius 2 is 2.12 bits per heavy atom. The largest absolute Gasteiger partial charge is 0.480 e. The Bertz CT molecular complexity index is 266. The molecule has 0 bridgehead atoms. The number of carboxylic acid groups (broad SMARTS) is 1. The number of carbonyl (C=O) groups excluding carboxylic acids is 1. The average molecular weight is 244 g/mol. The van der Waals surface area contributed by atoms with Crippen LogP contribution in [-0.4, -0.2) is 43.4 Å². The molecule has 17 heavy (non-hydrogen) atoms. The molecule has 0 aliphatic heterocycles. The summed E-state index contributed by atoms with van der Waals surface area (Å²) in [5.41, 5.74) is 0. The maximum atomic E-state index is 11.4. The van der Waals surface area contributed by atoms with Crippen molar-refractivity contribution in [3.8, 4) is 0 Å². The predicted molar refractivity (Wildman–Crippen MR) is 61.8 cm³/mol. The molecule has 1 fully saturated rings. The fourth-order valence-corrected chi connectivity index (χ4v) is 1.58. The van der Waals surface area contributed by atoms with E-state index in [2.05, 4.69) is 10.6 Å². The van der Waals surface area contributed by atoms with Gasteiger partial charge in [0.15, 0.2) is 0 Å². The molecule has 1 aliphatic rings. The molecule has 0 aromatic heterocycles. The van der Waals surface area contributed by atoms with Crippen molar-refractivity contribution in [2.24, 2.45) is 5.92 Å². The number of nitrogens with one attached hydrogen (secondary N) is 2. The van der Waals surface area contributed by atoms with Crippen LogP contribution in [0.25, 0.3) is 0 Å². The van der Waals surface area contributed by atoms with Crippen LogP contribution in [0.3, 0.4) is 0 Å². The molecule has 2 amide bonds. The summed E-state index contributed by atoms with van der Waals surface area (Å²) in [6, 6.07) is -1.14. The monoisotopic (exact) mass is 244 g/mol. The van der Waals surface area contributed by atoms with Crippen molar-refractivity contribution in [1.82, 2.24) is 10.6 Å². The molecule has 0 spiro atoms. The minimum absolute atomic E-state index is 0.103. The summed E-state index contributed by atoms with van der Waals surface area (Å²) in [6.07, 6.45) is 3.46. The Kier molecular flexibility index (Phi) is 5.76. The van der Waals surface area contributed by atoms with E-state index >= 15 is 0 Å². The van der Waals surface area contributed by atoms with Gasteiger partial charge in [-0.2, -0.15) is 0 Å². The van der Waals surface area contributed by atoms with Gasteiger partial charge >= 0.3 is 12.0 Å². The van der Waals surface area contributed by atoms with Gasteiger partial charge in [-0.05, 0) is 31.6 Å². The van der Waals surface area contributed by atoms with E-state index in [1.807, 2.05) is 0 Å². The van der Waals surface area contributed by atoms with Gasteiger partial charge in [0.05, 0.1) is 0 Å². The van der Waals surface area contributed by atoms with Crippen molar-refractivity contribution < 1.29 is 19.4 Å². The summed E-state index contributed by atoms with van der Waals surface area (Å²) in [5, 5.41) is 14.0. The molecule has 1 aliphatic carbocycles. The summed E-state index contributed by atoms with van der Waals surface area (Å²) < 4.78 is 4.88. The summed E-state index contributed by atoms with van der Waals surface area (Å²) in [7, 11) is 1.63.